The van der Waals surface area contributed by atoms with Gasteiger partial charge in [0.1, 0.15) is 18.1 Å². The maximum Gasteiger partial charge on any atom is 0.148 e. The molecule has 0 aliphatic carbocycles. The molecule has 0 saturated carbocycles. The van der Waals surface area contributed by atoms with E-state index in [9.17, 15) is 0 Å². The summed E-state index contributed by atoms with van der Waals surface area (Å²) in [4.78, 5) is 4.52. The summed E-state index contributed by atoms with van der Waals surface area (Å²) in [6.07, 6.45) is 1.81. The van der Waals surface area contributed by atoms with Crippen LogP contribution in [0.5, 0.6) is 11.5 Å². The van der Waals surface area contributed by atoms with E-state index in [1.807, 2.05) is 73.8 Å². The Morgan fingerprint density at radius 3 is 2.18 bits per heavy atom. The summed E-state index contributed by atoms with van der Waals surface area (Å²) >= 11 is 13.1. The molecule has 144 valence electrons. The number of nitrogens with zero attached hydrogens (tertiary/aromatic N) is 1. The fourth-order valence-electron chi connectivity index (χ4n) is 2.47. The van der Waals surface area contributed by atoms with Crippen molar-refractivity contribution in [3.63, 3.8) is 0 Å². The minimum atomic E-state index is 0.452. The van der Waals surface area contributed by atoms with Crippen molar-refractivity contribution in [1.82, 2.24) is 0 Å². The molecule has 3 nitrogen and oxygen atoms in total. The zero-order valence-electron chi connectivity index (χ0n) is 15.2. The zero-order chi connectivity index (χ0) is 19.9. The molecule has 0 fully saturated rings. The van der Waals surface area contributed by atoms with Gasteiger partial charge in [0.25, 0.3) is 0 Å². The molecule has 3 aromatic carbocycles. The fourth-order valence-corrected chi connectivity index (χ4v) is 4.05. The van der Waals surface area contributed by atoms with Crippen molar-refractivity contribution < 1.29 is 9.47 Å². The molecule has 0 aliphatic heterocycles. The van der Waals surface area contributed by atoms with Crippen LogP contribution in [0.15, 0.2) is 74.6 Å². The van der Waals surface area contributed by atoms with E-state index in [0.717, 1.165) is 37.3 Å². The molecule has 0 heterocycles. The highest BCUT2D eigenvalue weighted by molar-refractivity contribution is 9.11. The van der Waals surface area contributed by atoms with Crippen LogP contribution in [0.25, 0.3) is 0 Å². The van der Waals surface area contributed by atoms with Gasteiger partial charge < -0.3 is 9.47 Å². The molecule has 28 heavy (non-hydrogen) atoms. The number of hydrogen-bond acceptors (Lipinski definition) is 3. The average molecular weight is 524 g/mol. The summed E-state index contributed by atoms with van der Waals surface area (Å²) < 4.78 is 13.1. The maximum absolute atomic E-state index is 5.95. The van der Waals surface area contributed by atoms with Crippen molar-refractivity contribution in [2.75, 3.05) is 6.61 Å². The molecule has 0 bridgehead atoms. The first-order valence-corrected chi connectivity index (χ1v) is 10.6. The quantitative estimate of drug-likeness (QED) is 0.299. The first kappa shape index (κ1) is 20.9. The molecule has 6 heteroatoms. The Morgan fingerprint density at radius 2 is 1.57 bits per heavy atom. The van der Waals surface area contributed by atoms with Crippen molar-refractivity contribution in [3.8, 4) is 11.5 Å². The molecule has 0 amide bonds. The number of benzene rings is 3. The van der Waals surface area contributed by atoms with E-state index in [0.29, 0.717) is 18.2 Å². The fraction of sp³-hybridized carbons (Fsp3) is 0.136. The Balaban J connectivity index is 1.69. The third-order valence-corrected chi connectivity index (χ3v) is 5.26. The van der Waals surface area contributed by atoms with E-state index in [-0.39, 0.29) is 0 Å². The number of rotatable bonds is 7. The van der Waals surface area contributed by atoms with Crippen LogP contribution in [0.3, 0.4) is 0 Å². The van der Waals surface area contributed by atoms with Gasteiger partial charge in [-0.1, -0.05) is 23.7 Å². The van der Waals surface area contributed by atoms with Crippen molar-refractivity contribution in [1.29, 1.82) is 0 Å². The van der Waals surface area contributed by atoms with Crippen LogP contribution in [-0.4, -0.2) is 12.8 Å². The second-order valence-electron chi connectivity index (χ2n) is 5.91. The normalized spacial score (nSPS) is 11.0. The van der Waals surface area contributed by atoms with E-state index >= 15 is 0 Å². The van der Waals surface area contributed by atoms with E-state index in [1.54, 1.807) is 0 Å². The monoisotopic (exact) mass is 521 g/mol. The Labute approximate surface area is 186 Å². The number of halogens is 3. The van der Waals surface area contributed by atoms with E-state index in [1.165, 1.54) is 0 Å². The van der Waals surface area contributed by atoms with E-state index < -0.39 is 0 Å². The predicted molar refractivity (Wildman–Crippen MR) is 122 cm³/mol. The molecular formula is C22H18Br2ClNO2. The lowest BCUT2D eigenvalue weighted by Gasteiger charge is -2.11. The SMILES string of the molecule is CCOc1ccc(N=Cc2cc(Br)c(OCc3ccc(Cl)cc3)c(Br)c2)cc1. The molecule has 3 rings (SSSR count). The van der Waals surface area contributed by atoms with Gasteiger partial charge in [-0.05, 0) is 98.4 Å². The molecule has 0 N–H and O–H groups in total. The van der Waals surface area contributed by atoms with Crippen LogP contribution in [0.4, 0.5) is 5.69 Å². The highest BCUT2D eigenvalue weighted by atomic mass is 79.9. The lowest BCUT2D eigenvalue weighted by Crippen LogP contribution is -1.97. The summed E-state index contributed by atoms with van der Waals surface area (Å²) in [5.74, 6) is 1.59. The smallest absolute Gasteiger partial charge is 0.148 e. The molecule has 0 aromatic heterocycles. The van der Waals surface area contributed by atoms with Crippen molar-refractivity contribution in [3.05, 3.63) is 85.8 Å². The van der Waals surface area contributed by atoms with E-state index in [2.05, 4.69) is 36.9 Å². The lowest BCUT2D eigenvalue weighted by molar-refractivity contribution is 0.302. The molecule has 0 radical (unpaired) electrons. The Kier molecular flexibility index (Phi) is 7.54. The average Bonchev–Trinajstić information content (AvgIpc) is 2.68. The minimum absolute atomic E-state index is 0.452. The number of aliphatic imine (C=N–C) groups is 1. The van der Waals surface area contributed by atoms with Crippen molar-refractivity contribution in [2.24, 2.45) is 4.99 Å². The largest absolute Gasteiger partial charge is 0.494 e. The van der Waals surface area contributed by atoms with Crippen LogP contribution in [0, 0.1) is 0 Å². The topological polar surface area (TPSA) is 30.8 Å². The molecule has 0 atom stereocenters. The Morgan fingerprint density at radius 1 is 0.929 bits per heavy atom. The lowest BCUT2D eigenvalue weighted by atomic mass is 10.2. The third kappa shape index (κ3) is 5.84. The van der Waals surface area contributed by atoms with Crippen LogP contribution >= 0.6 is 43.5 Å². The van der Waals surface area contributed by atoms with Crippen molar-refractivity contribution >= 4 is 55.4 Å². The van der Waals surface area contributed by atoms with Gasteiger partial charge in [-0.3, -0.25) is 4.99 Å². The third-order valence-electron chi connectivity index (χ3n) is 3.83. The van der Waals surface area contributed by atoms with Gasteiger partial charge in [-0.2, -0.15) is 0 Å². The van der Waals surface area contributed by atoms with Gasteiger partial charge >= 0.3 is 0 Å². The summed E-state index contributed by atoms with van der Waals surface area (Å²) in [7, 11) is 0. The first-order valence-electron chi connectivity index (χ1n) is 8.68. The Hall–Kier alpha value is -1.82. The predicted octanol–water partition coefficient (Wildman–Crippen LogP) is 7.59. The molecule has 0 spiro atoms. The zero-order valence-corrected chi connectivity index (χ0v) is 19.1. The number of ether oxygens (including phenoxy) is 2. The van der Waals surface area contributed by atoms with Gasteiger partial charge in [0.15, 0.2) is 0 Å². The summed E-state index contributed by atoms with van der Waals surface area (Å²) in [6, 6.07) is 19.2. The molecule has 0 aliphatic rings. The van der Waals surface area contributed by atoms with Crippen LogP contribution in [0.2, 0.25) is 5.02 Å². The second kappa shape index (κ2) is 10.1. The van der Waals surface area contributed by atoms with Gasteiger partial charge in [0, 0.05) is 11.2 Å². The van der Waals surface area contributed by atoms with Gasteiger partial charge in [-0.15, -0.1) is 0 Å². The van der Waals surface area contributed by atoms with Crippen molar-refractivity contribution in [2.45, 2.75) is 13.5 Å². The summed E-state index contributed by atoms with van der Waals surface area (Å²) in [6.45, 7) is 3.07. The van der Waals surface area contributed by atoms with Crippen LogP contribution < -0.4 is 9.47 Å². The molecular weight excluding hydrogens is 506 g/mol. The van der Waals surface area contributed by atoms with E-state index in [4.69, 9.17) is 21.1 Å². The highest BCUT2D eigenvalue weighted by Crippen LogP contribution is 2.35. The van der Waals surface area contributed by atoms with Crippen LogP contribution in [0.1, 0.15) is 18.1 Å². The second-order valence-corrected chi connectivity index (χ2v) is 8.06. The Bertz CT molecular complexity index is 934. The highest BCUT2D eigenvalue weighted by Gasteiger charge is 2.09. The van der Waals surface area contributed by atoms with Crippen LogP contribution in [-0.2, 0) is 6.61 Å². The maximum atomic E-state index is 5.95. The molecule has 3 aromatic rings. The molecule has 0 unspecified atom stereocenters. The first-order chi connectivity index (χ1) is 13.5. The molecule has 0 saturated heterocycles. The van der Waals surface area contributed by atoms with Gasteiger partial charge in [0.05, 0.1) is 21.2 Å². The van der Waals surface area contributed by atoms with Gasteiger partial charge in [-0.25, -0.2) is 0 Å². The summed E-state index contributed by atoms with van der Waals surface area (Å²) in [5, 5.41) is 0.710. The minimum Gasteiger partial charge on any atom is -0.494 e. The summed E-state index contributed by atoms with van der Waals surface area (Å²) in [5.41, 5.74) is 2.86. The number of hydrogen-bond donors (Lipinski definition) is 0. The standard InChI is InChI=1S/C22H18Br2ClNO2/c1-2-27-19-9-7-18(8-10-19)26-13-16-11-20(23)22(21(24)12-16)28-14-15-3-5-17(25)6-4-15/h3-13H,2,14H2,1H3. The van der Waals surface area contributed by atoms with Gasteiger partial charge in [0.2, 0.25) is 0 Å².